The third-order valence-electron chi connectivity index (χ3n) is 12.2. The summed E-state index contributed by atoms with van der Waals surface area (Å²) in [4.78, 5) is 0. The molecule has 0 bridgehead atoms. The lowest BCUT2D eigenvalue weighted by Crippen LogP contribution is -2.65. The van der Waals surface area contributed by atoms with E-state index in [1.165, 1.54) is 6.92 Å². The molecule has 6 rings (SSSR count). The van der Waals surface area contributed by atoms with Crippen molar-refractivity contribution < 1.29 is 41.6 Å². The molecule has 6 nitrogen and oxygen atoms in total. The van der Waals surface area contributed by atoms with Gasteiger partial charge in [-0.15, -0.1) is 0 Å². The number of benzene rings is 1. The highest BCUT2D eigenvalue weighted by molar-refractivity contribution is 5.52. The lowest BCUT2D eigenvalue weighted by molar-refractivity contribution is -0.362. The van der Waals surface area contributed by atoms with Crippen LogP contribution < -0.4 is 0 Å². The summed E-state index contributed by atoms with van der Waals surface area (Å²) < 4.78 is 85.0. The van der Waals surface area contributed by atoms with Crippen LogP contribution in [0.15, 0.2) is 41.5 Å². The number of hydrogen-bond donors (Lipinski definition) is 2. The summed E-state index contributed by atoms with van der Waals surface area (Å²) in [6, 6.07) is 11.1. The molecule has 1 saturated heterocycles. The Balaban J connectivity index is 1.41. The van der Waals surface area contributed by atoms with Crippen LogP contribution in [0.1, 0.15) is 95.6 Å². The second-order valence-electron chi connectivity index (χ2n) is 15.8. The smallest absolute Gasteiger partial charge is 0.385 e. The quantitative estimate of drug-likeness (QED) is 0.242. The van der Waals surface area contributed by atoms with E-state index in [1.807, 2.05) is 38.1 Å². The summed E-state index contributed by atoms with van der Waals surface area (Å²) >= 11 is 0. The number of allylic oxidation sites excluding steroid dienone is 2. The van der Waals surface area contributed by atoms with Crippen molar-refractivity contribution in [1.82, 2.24) is 0 Å². The fourth-order valence-electron chi connectivity index (χ4n) is 9.62. The van der Waals surface area contributed by atoms with Gasteiger partial charge in [0, 0.05) is 29.6 Å². The monoisotopic (exact) mass is 674 g/mol. The molecule has 0 unspecified atom stereocenters. The van der Waals surface area contributed by atoms with Gasteiger partial charge in [-0.1, -0.05) is 62.8 Å². The number of ether oxygens (including phenoxy) is 2. The van der Waals surface area contributed by atoms with Gasteiger partial charge < -0.3 is 19.7 Å². The first kappa shape index (κ1) is 35.0. The van der Waals surface area contributed by atoms with Crippen molar-refractivity contribution in [2.45, 2.75) is 114 Å². The molecule has 48 heavy (non-hydrogen) atoms. The third-order valence-corrected chi connectivity index (χ3v) is 12.2. The van der Waals surface area contributed by atoms with Gasteiger partial charge in [0.2, 0.25) is 0 Å². The van der Waals surface area contributed by atoms with Gasteiger partial charge in [0.05, 0.1) is 31.0 Å². The maximum Gasteiger partial charge on any atom is 0.456 e. The standard InChI is InChI=1S/C37H43F5N2O4/c1-31(2)21-47-34(48-22-31)15-12-29-30-26(11-14-33(29,45)20-34)28-13-16-35(46,36(38,39)37(40,41)42)32(28,3)17-27(30)25-9-7-23(8-10-25)5-4-6-24(18-43)19-44/h4-5,7-10,24,26-28,45-46H,6,11-17,20-22H2,1-3H3/b5-4+/t26-,27+,28-,32-,33+,35-/m0/s1. The van der Waals surface area contributed by atoms with E-state index in [-0.39, 0.29) is 37.5 Å². The summed E-state index contributed by atoms with van der Waals surface area (Å²) in [6.45, 7) is 6.43. The van der Waals surface area contributed by atoms with Crippen LogP contribution in [0.5, 0.6) is 0 Å². The van der Waals surface area contributed by atoms with Crippen molar-refractivity contribution in [2.24, 2.45) is 28.6 Å². The van der Waals surface area contributed by atoms with Crippen molar-refractivity contribution in [2.75, 3.05) is 13.2 Å². The molecule has 0 radical (unpaired) electrons. The summed E-state index contributed by atoms with van der Waals surface area (Å²) in [5.74, 6) is -8.68. The SMILES string of the molecule is CC1(C)COC2(CCC3=C4[C@@H](CC[C@@]3(O)C2)[C@@H]2CC[C@@](O)(C(F)(F)C(F)(F)F)[C@@]2(C)C[C@@H]4c2ccc(/C=C/CC(C#N)C#N)cc2)OC1. The van der Waals surface area contributed by atoms with Gasteiger partial charge in [0.25, 0.3) is 0 Å². The topological polar surface area (TPSA) is 106 Å². The number of nitrogens with zero attached hydrogens (tertiary/aromatic N) is 2. The molecular formula is C37H43F5N2O4. The predicted octanol–water partition coefficient (Wildman–Crippen LogP) is 7.98. The molecule has 0 aromatic heterocycles. The Morgan fingerprint density at radius 2 is 1.60 bits per heavy atom. The Morgan fingerprint density at radius 1 is 0.958 bits per heavy atom. The van der Waals surface area contributed by atoms with Crippen molar-refractivity contribution >= 4 is 6.08 Å². The van der Waals surface area contributed by atoms with Crippen LogP contribution in [0, 0.1) is 51.2 Å². The van der Waals surface area contributed by atoms with E-state index in [0.29, 0.717) is 38.0 Å². The van der Waals surface area contributed by atoms with Gasteiger partial charge in [-0.05, 0) is 73.5 Å². The van der Waals surface area contributed by atoms with E-state index in [0.717, 1.165) is 16.7 Å². The summed E-state index contributed by atoms with van der Waals surface area (Å²) in [5, 5.41) is 42.0. The van der Waals surface area contributed by atoms with Gasteiger partial charge in [0.1, 0.15) is 11.5 Å². The largest absolute Gasteiger partial charge is 0.456 e. The fraction of sp³-hybridized carbons (Fsp3) is 0.676. The molecule has 1 heterocycles. The summed E-state index contributed by atoms with van der Waals surface area (Å²) in [5.41, 5.74) is -3.36. The molecule has 1 aromatic rings. The van der Waals surface area contributed by atoms with Crippen LogP contribution >= 0.6 is 0 Å². The van der Waals surface area contributed by atoms with Crippen molar-refractivity contribution in [3.8, 4) is 12.1 Å². The highest BCUT2D eigenvalue weighted by Crippen LogP contribution is 2.71. The molecule has 5 aliphatic rings. The van der Waals surface area contributed by atoms with Crippen LogP contribution in [0.25, 0.3) is 6.08 Å². The number of nitriles is 2. The van der Waals surface area contributed by atoms with Crippen LogP contribution in [0.3, 0.4) is 0 Å². The zero-order chi connectivity index (χ0) is 35.0. The first-order valence-corrected chi connectivity index (χ1v) is 16.8. The molecule has 6 atom stereocenters. The van der Waals surface area contributed by atoms with E-state index in [9.17, 15) is 23.4 Å². The minimum atomic E-state index is -5.92. The van der Waals surface area contributed by atoms with Crippen LogP contribution in [0.4, 0.5) is 22.0 Å². The van der Waals surface area contributed by atoms with Crippen LogP contribution in [0.2, 0.25) is 0 Å². The fourth-order valence-corrected chi connectivity index (χ4v) is 9.62. The maximum absolute atomic E-state index is 15.4. The Bertz CT molecular complexity index is 1550. The Morgan fingerprint density at radius 3 is 2.21 bits per heavy atom. The Labute approximate surface area is 278 Å². The molecule has 260 valence electrons. The Hall–Kier alpha value is -2.83. The highest BCUT2D eigenvalue weighted by atomic mass is 19.4. The molecule has 4 aliphatic carbocycles. The Kier molecular flexibility index (Phi) is 8.48. The van der Waals surface area contributed by atoms with E-state index >= 15 is 8.78 Å². The van der Waals surface area contributed by atoms with Crippen molar-refractivity contribution in [3.05, 3.63) is 52.6 Å². The molecule has 3 saturated carbocycles. The lowest BCUT2D eigenvalue weighted by Gasteiger charge is -2.59. The lowest BCUT2D eigenvalue weighted by atomic mass is 9.49. The number of aliphatic hydroxyl groups is 2. The van der Waals surface area contributed by atoms with E-state index in [1.54, 1.807) is 24.3 Å². The van der Waals surface area contributed by atoms with Crippen molar-refractivity contribution in [1.29, 1.82) is 10.5 Å². The number of rotatable bonds is 5. The van der Waals surface area contributed by atoms with E-state index in [4.69, 9.17) is 20.0 Å². The first-order valence-electron chi connectivity index (χ1n) is 16.8. The zero-order valence-electron chi connectivity index (χ0n) is 27.5. The minimum Gasteiger partial charge on any atom is -0.385 e. The molecule has 1 aliphatic heterocycles. The molecule has 4 fully saturated rings. The highest BCUT2D eigenvalue weighted by Gasteiger charge is 2.79. The minimum absolute atomic E-state index is 0.0205. The molecule has 1 aromatic carbocycles. The van der Waals surface area contributed by atoms with Gasteiger partial charge in [-0.2, -0.15) is 32.5 Å². The summed E-state index contributed by atoms with van der Waals surface area (Å²) in [7, 11) is 0. The second kappa shape index (κ2) is 11.6. The maximum atomic E-state index is 15.4. The normalized spacial score (nSPS) is 36.0. The molecule has 1 spiro atoms. The molecule has 0 amide bonds. The second-order valence-corrected chi connectivity index (χ2v) is 15.8. The van der Waals surface area contributed by atoms with Gasteiger partial charge in [-0.3, -0.25) is 0 Å². The summed E-state index contributed by atoms with van der Waals surface area (Å²) in [6.07, 6.45) is -1.20. The molecular weight excluding hydrogens is 631 g/mol. The van der Waals surface area contributed by atoms with E-state index in [2.05, 4.69) is 0 Å². The average Bonchev–Trinajstić information content (AvgIpc) is 3.31. The third kappa shape index (κ3) is 5.41. The van der Waals surface area contributed by atoms with E-state index < -0.39 is 64.6 Å². The number of hydrogen-bond acceptors (Lipinski definition) is 6. The van der Waals surface area contributed by atoms with Gasteiger partial charge >= 0.3 is 12.1 Å². The predicted molar refractivity (Wildman–Crippen MR) is 166 cm³/mol. The zero-order valence-corrected chi connectivity index (χ0v) is 27.5. The molecule has 2 N–H and O–H groups in total. The van der Waals surface area contributed by atoms with Crippen molar-refractivity contribution in [3.63, 3.8) is 0 Å². The van der Waals surface area contributed by atoms with Gasteiger partial charge in [-0.25, -0.2) is 0 Å². The first-order chi connectivity index (χ1) is 22.3. The number of fused-ring (bicyclic) bond motifs is 4. The average molecular weight is 675 g/mol. The van der Waals surface area contributed by atoms with Crippen LogP contribution in [-0.4, -0.2) is 52.5 Å². The molecule has 11 heteroatoms. The van der Waals surface area contributed by atoms with Crippen LogP contribution in [-0.2, 0) is 9.47 Å². The number of alkyl halides is 5. The van der Waals surface area contributed by atoms with Gasteiger partial charge in [0.15, 0.2) is 5.79 Å². The number of halogens is 5.